The molecular weight excluding hydrogens is 212 g/mol. The van der Waals surface area contributed by atoms with E-state index in [2.05, 4.69) is 15.1 Å². The van der Waals surface area contributed by atoms with Crippen molar-refractivity contribution in [1.29, 1.82) is 0 Å². The van der Waals surface area contributed by atoms with E-state index in [1.165, 1.54) is 4.68 Å². The van der Waals surface area contributed by atoms with Gasteiger partial charge in [0.25, 0.3) is 5.56 Å². The van der Waals surface area contributed by atoms with E-state index in [1.54, 1.807) is 19.3 Å². The molecule has 0 saturated heterocycles. The molecule has 0 amide bonds. The van der Waals surface area contributed by atoms with Crippen molar-refractivity contribution in [3.8, 4) is 11.5 Å². The Hall–Kier alpha value is -2.44. The molecule has 0 aliphatic heterocycles. The average Bonchev–Trinajstić information content (AvgIpc) is 2.64. The minimum absolute atomic E-state index is 0.144. The van der Waals surface area contributed by atoms with Crippen LogP contribution in [0, 0.1) is 0 Å². The van der Waals surface area contributed by atoms with Crippen LogP contribution in [0.2, 0.25) is 0 Å². The predicted molar refractivity (Wildman–Crippen MR) is 54.0 cm³/mol. The van der Waals surface area contributed by atoms with E-state index >= 15 is 0 Å². The molecular formula is C9H8N4O3. The fourth-order valence-electron chi connectivity index (χ4n) is 1.23. The number of nitrogens with zero attached hydrogens (tertiary/aromatic N) is 3. The van der Waals surface area contributed by atoms with Gasteiger partial charge in [-0.05, 0) is 6.07 Å². The van der Waals surface area contributed by atoms with Crippen LogP contribution in [0.1, 0.15) is 10.5 Å². The second-order valence-corrected chi connectivity index (χ2v) is 3.16. The largest absolute Gasteiger partial charge is 0.477 e. The number of aryl methyl sites for hydroxylation is 1. The van der Waals surface area contributed by atoms with Crippen molar-refractivity contribution in [3.05, 3.63) is 34.4 Å². The smallest absolute Gasteiger partial charge is 0.354 e. The van der Waals surface area contributed by atoms with Crippen LogP contribution in [0.3, 0.4) is 0 Å². The lowest BCUT2D eigenvalue weighted by Crippen LogP contribution is -2.13. The first-order valence-corrected chi connectivity index (χ1v) is 4.41. The molecule has 0 saturated carbocycles. The maximum absolute atomic E-state index is 11.2. The molecule has 2 aromatic heterocycles. The summed E-state index contributed by atoms with van der Waals surface area (Å²) >= 11 is 0. The molecule has 16 heavy (non-hydrogen) atoms. The zero-order chi connectivity index (χ0) is 11.7. The van der Waals surface area contributed by atoms with Gasteiger partial charge >= 0.3 is 5.97 Å². The third-order valence-corrected chi connectivity index (χ3v) is 1.92. The molecule has 0 aliphatic carbocycles. The number of hydrogen-bond acceptors (Lipinski definition) is 4. The van der Waals surface area contributed by atoms with E-state index in [1.807, 2.05) is 0 Å². The number of aromatic amines is 1. The summed E-state index contributed by atoms with van der Waals surface area (Å²) in [6.07, 6.45) is 1.67. The van der Waals surface area contributed by atoms with Crippen LogP contribution in [-0.2, 0) is 7.05 Å². The number of aromatic carboxylic acids is 1. The molecule has 2 heterocycles. The first-order chi connectivity index (χ1) is 7.56. The monoisotopic (exact) mass is 220 g/mol. The molecule has 0 spiro atoms. The Morgan fingerprint density at radius 2 is 2.31 bits per heavy atom. The Morgan fingerprint density at radius 3 is 2.88 bits per heavy atom. The van der Waals surface area contributed by atoms with Crippen molar-refractivity contribution in [1.82, 2.24) is 19.7 Å². The third kappa shape index (κ3) is 1.83. The molecule has 0 fully saturated rings. The van der Waals surface area contributed by atoms with Crippen LogP contribution >= 0.6 is 0 Å². The summed E-state index contributed by atoms with van der Waals surface area (Å²) in [6, 6.07) is 2.55. The summed E-state index contributed by atoms with van der Waals surface area (Å²) < 4.78 is 1.53. The number of rotatable bonds is 2. The average molecular weight is 220 g/mol. The Morgan fingerprint density at radius 1 is 1.56 bits per heavy atom. The quantitative estimate of drug-likeness (QED) is 0.734. The summed E-state index contributed by atoms with van der Waals surface area (Å²) in [7, 11) is 1.71. The summed E-state index contributed by atoms with van der Waals surface area (Å²) in [5, 5.41) is 12.8. The second-order valence-electron chi connectivity index (χ2n) is 3.16. The lowest BCUT2D eigenvalue weighted by atomic mass is 10.3. The molecule has 0 unspecified atom stereocenters. The van der Waals surface area contributed by atoms with Gasteiger partial charge in [-0.25, -0.2) is 9.78 Å². The van der Waals surface area contributed by atoms with Gasteiger partial charge in [0.15, 0.2) is 11.5 Å². The van der Waals surface area contributed by atoms with Gasteiger partial charge in [-0.2, -0.15) is 5.10 Å². The van der Waals surface area contributed by atoms with Crippen LogP contribution in [-0.4, -0.2) is 30.8 Å². The van der Waals surface area contributed by atoms with Crippen LogP contribution < -0.4 is 5.56 Å². The predicted octanol–water partition coefficient (Wildman–Crippen LogP) is -0.131. The number of H-pyrrole nitrogens is 1. The van der Waals surface area contributed by atoms with Crippen molar-refractivity contribution in [2.45, 2.75) is 0 Å². The van der Waals surface area contributed by atoms with E-state index < -0.39 is 11.5 Å². The Kier molecular flexibility index (Phi) is 2.28. The lowest BCUT2D eigenvalue weighted by Gasteiger charge is -1.97. The van der Waals surface area contributed by atoms with Crippen molar-refractivity contribution < 1.29 is 9.90 Å². The van der Waals surface area contributed by atoms with Crippen LogP contribution in [0.4, 0.5) is 0 Å². The molecule has 0 atom stereocenters. The van der Waals surface area contributed by atoms with Gasteiger partial charge in [0.2, 0.25) is 0 Å². The first-order valence-electron chi connectivity index (χ1n) is 4.41. The van der Waals surface area contributed by atoms with E-state index in [4.69, 9.17) is 5.11 Å². The number of carboxylic acids is 1. The van der Waals surface area contributed by atoms with E-state index in [-0.39, 0.29) is 11.5 Å². The standard InChI is InChI=1S/C9H8N4O3/c1-13-3-2-5(12-13)8-10-6(9(15)16)4-7(14)11-8/h2-4H,1H3,(H,15,16)(H,10,11,14). The number of carbonyl (C=O) groups is 1. The highest BCUT2D eigenvalue weighted by molar-refractivity contribution is 5.85. The van der Waals surface area contributed by atoms with E-state index in [0.29, 0.717) is 5.69 Å². The fraction of sp³-hybridized carbons (Fsp3) is 0.111. The summed E-state index contributed by atoms with van der Waals surface area (Å²) in [4.78, 5) is 28.1. The highest BCUT2D eigenvalue weighted by Crippen LogP contribution is 2.09. The van der Waals surface area contributed by atoms with Crippen LogP contribution in [0.15, 0.2) is 23.1 Å². The molecule has 0 radical (unpaired) electrons. The third-order valence-electron chi connectivity index (χ3n) is 1.92. The Labute approximate surface area is 89.4 Å². The Bertz CT molecular complexity index is 599. The van der Waals surface area contributed by atoms with Gasteiger partial charge < -0.3 is 10.1 Å². The van der Waals surface area contributed by atoms with Crippen molar-refractivity contribution in [3.63, 3.8) is 0 Å². The number of nitrogens with one attached hydrogen (secondary N) is 1. The first kappa shape index (κ1) is 10.1. The molecule has 0 aromatic carbocycles. The molecule has 0 bridgehead atoms. The highest BCUT2D eigenvalue weighted by atomic mass is 16.4. The van der Waals surface area contributed by atoms with Gasteiger partial charge in [-0.1, -0.05) is 0 Å². The SMILES string of the molecule is Cn1ccc(-c2nc(C(=O)O)cc(=O)[nH]2)n1. The zero-order valence-electron chi connectivity index (χ0n) is 8.34. The zero-order valence-corrected chi connectivity index (χ0v) is 8.34. The minimum Gasteiger partial charge on any atom is -0.477 e. The number of hydrogen-bond donors (Lipinski definition) is 2. The topological polar surface area (TPSA) is 101 Å². The highest BCUT2D eigenvalue weighted by Gasteiger charge is 2.10. The van der Waals surface area contributed by atoms with E-state index in [0.717, 1.165) is 6.07 Å². The molecule has 2 N–H and O–H groups in total. The molecule has 7 nitrogen and oxygen atoms in total. The van der Waals surface area contributed by atoms with Crippen molar-refractivity contribution in [2.24, 2.45) is 7.05 Å². The minimum atomic E-state index is -1.25. The van der Waals surface area contributed by atoms with Gasteiger partial charge in [0.05, 0.1) is 0 Å². The van der Waals surface area contributed by atoms with Gasteiger partial charge in [-0.3, -0.25) is 9.48 Å². The molecule has 82 valence electrons. The Balaban J connectivity index is 2.57. The van der Waals surface area contributed by atoms with Crippen molar-refractivity contribution in [2.75, 3.05) is 0 Å². The molecule has 0 aliphatic rings. The van der Waals surface area contributed by atoms with Crippen LogP contribution in [0.5, 0.6) is 0 Å². The lowest BCUT2D eigenvalue weighted by molar-refractivity contribution is 0.0690. The van der Waals surface area contributed by atoms with Gasteiger partial charge in [0.1, 0.15) is 5.69 Å². The second kappa shape index (κ2) is 3.61. The van der Waals surface area contributed by atoms with Gasteiger partial charge in [0, 0.05) is 19.3 Å². The van der Waals surface area contributed by atoms with Crippen molar-refractivity contribution >= 4 is 5.97 Å². The summed E-state index contributed by atoms with van der Waals surface area (Å²) in [6.45, 7) is 0. The summed E-state index contributed by atoms with van der Waals surface area (Å²) in [5.41, 5.74) is -0.403. The van der Waals surface area contributed by atoms with Crippen LogP contribution in [0.25, 0.3) is 11.5 Å². The van der Waals surface area contributed by atoms with E-state index in [9.17, 15) is 9.59 Å². The normalized spacial score (nSPS) is 10.3. The fourth-order valence-corrected chi connectivity index (χ4v) is 1.23. The molecule has 7 heteroatoms. The number of aromatic nitrogens is 4. The molecule has 2 rings (SSSR count). The molecule has 2 aromatic rings. The maximum Gasteiger partial charge on any atom is 0.354 e. The number of carboxylic acid groups (broad SMARTS) is 1. The summed E-state index contributed by atoms with van der Waals surface area (Å²) in [5.74, 6) is -1.10. The maximum atomic E-state index is 11.2. The van der Waals surface area contributed by atoms with Gasteiger partial charge in [-0.15, -0.1) is 0 Å².